The zero-order valence-electron chi connectivity index (χ0n) is 8.70. The van der Waals surface area contributed by atoms with Crippen LogP contribution in [-0.2, 0) is 6.54 Å². The van der Waals surface area contributed by atoms with Crippen LogP contribution in [0, 0.1) is 5.92 Å². The Morgan fingerprint density at radius 3 is 3.07 bits per heavy atom. The summed E-state index contributed by atoms with van der Waals surface area (Å²) in [6.07, 6.45) is 7.04. The van der Waals surface area contributed by atoms with Crippen molar-refractivity contribution in [3.8, 4) is 0 Å². The van der Waals surface area contributed by atoms with Gasteiger partial charge in [0.2, 0.25) is 0 Å². The van der Waals surface area contributed by atoms with Crippen LogP contribution in [0.4, 0.5) is 0 Å². The van der Waals surface area contributed by atoms with Gasteiger partial charge in [0.05, 0.1) is 5.69 Å². The van der Waals surface area contributed by atoms with E-state index in [0.29, 0.717) is 6.04 Å². The third-order valence-corrected chi connectivity index (χ3v) is 3.15. The first-order valence-electron chi connectivity index (χ1n) is 5.49. The van der Waals surface area contributed by atoms with Gasteiger partial charge in [-0.25, -0.2) is 0 Å². The molecule has 1 aliphatic carbocycles. The third-order valence-electron chi connectivity index (χ3n) is 3.15. The van der Waals surface area contributed by atoms with Crippen LogP contribution in [0.1, 0.15) is 38.3 Å². The molecule has 1 saturated carbocycles. The van der Waals surface area contributed by atoms with Gasteiger partial charge < -0.3 is 9.84 Å². The van der Waals surface area contributed by atoms with Crippen LogP contribution in [0.3, 0.4) is 0 Å². The predicted octanol–water partition coefficient (Wildman–Crippen LogP) is 2.34. The van der Waals surface area contributed by atoms with Crippen LogP contribution >= 0.6 is 0 Å². The largest absolute Gasteiger partial charge is 0.364 e. The average Bonchev–Trinajstić information content (AvgIpc) is 2.69. The van der Waals surface area contributed by atoms with Gasteiger partial charge in [-0.2, -0.15) is 0 Å². The predicted molar refractivity (Wildman–Crippen MR) is 54.8 cm³/mol. The number of hydrogen-bond donors (Lipinski definition) is 1. The molecule has 0 amide bonds. The molecule has 0 aliphatic heterocycles. The minimum absolute atomic E-state index is 0.667. The molecular formula is C11H18N2O. The molecular weight excluding hydrogens is 176 g/mol. The summed E-state index contributed by atoms with van der Waals surface area (Å²) in [6, 6.07) is 2.58. The molecule has 1 aliphatic rings. The third kappa shape index (κ3) is 2.35. The summed E-state index contributed by atoms with van der Waals surface area (Å²) in [6.45, 7) is 3.17. The number of nitrogens with zero attached hydrogens (tertiary/aromatic N) is 1. The molecule has 3 nitrogen and oxygen atoms in total. The highest BCUT2D eigenvalue weighted by Crippen LogP contribution is 2.23. The van der Waals surface area contributed by atoms with Gasteiger partial charge >= 0.3 is 0 Å². The summed E-state index contributed by atoms with van der Waals surface area (Å²) >= 11 is 0. The fourth-order valence-corrected chi connectivity index (χ4v) is 2.18. The lowest BCUT2D eigenvalue weighted by Gasteiger charge is -2.29. The molecule has 1 N–H and O–H groups in total. The van der Waals surface area contributed by atoms with Crippen LogP contribution < -0.4 is 5.32 Å². The molecule has 0 saturated heterocycles. The molecule has 3 heteroatoms. The monoisotopic (exact) mass is 194 g/mol. The molecule has 1 heterocycles. The van der Waals surface area contributed by atoms with E-state index in [9.17, 15) is 0 Å². The first-order valence-corrected chi connectivity index (χ1v) is 5.49. The molecule has 14 heavy (non-hydrogen) atoms. The van der Waals surface area contributed by atoms with Crippen LogP contribution in [-0.4, -0.2) is 11.2 Å². The fourth-order valence-electron chi connectivity index (χ4n) is 2.18. The Balaban J connectivity index is 1.79. The molecule has 0 spiro atoms. The van der Waals surface area contributed by atoms with Crippen molar-refractivity contribution in [3.05, 3.63) is 18.0 Å². The molecule has 2 rings (SSSR count). The normalized spacial score (nSPS) is 27.8. The summed E-state index contributed by atoms with van der Waals surface area (Å²) in [5.74, 6) is 0.802. The van der Waals surface area contributed by atoms with Gasteiger partial charge in [0.1, 0.15) is 6.26 Å². The van der Waals surface area contributed by atoms with Crippen LogP contribution in [0.15, 0.2) is 16.9 Å². The SMILES string of the molecule is CC1CCCCC1NCc1ccon1. The number of hydrogen-bond acceptors (Lipinski definition) is 3. The fraction of sp³-hybridized carbons (Fsp3) is 0.727. The highest BCUT2D eigenvalue weighted by Gasteiger charge is 2.20. The van der Waals surface area contributed by atoms with Crippen molar-refractivity contribution in [2.75, 3.05) is 0 Å². The van der Waals surface area contributed by atoms with Gasteiger partial charge in [-0.1, -0.05) is 24.9 Å². The molecule has 2 atom stereocenters. The van der Waals surface area contributed by atoms with Crippen molar-refractivity contribution < 1.29 is 4.52 Å². The Morgan fingerprint density at radius 1 is 1.50 bits per heavy atom. The van der Waals surface area contributed by atoms with Gasteiger partial charge in [0.15, 0.2) is 0 Å². The van der Waals surface area contributed by atoms with Gasteiger partial charge in [0, 0.05) is 18.7 Å². The lowest BCUT2D eigenvalue weighted by molar-refractivity contribution is 0.277. The van der Waals surface area contributed by atoms with Crippen molar-refractivity contribution >= 4 is 0 Å². The second-order valence-electron chi connectivity index (χ2n) is 4.24. The summed E-state index contributed by atoms with van der Waals surface area (Å²) in [7, 11) is 0. The second kappa shape index (κ2) is 4.60. The van der Waals surface area contributed by atoms with Crippen LogP contribution in [0.2, 0.25) is 0 Å². The topological polar surface area (TPSA) is 38.1 Å². The van der Waals surface area contributed by atoms with Crippen molar-refractivity contribution in [2.45, 2.75) is 45.2 Å². The lowest BCUT2D eigenvalue weighted by Crippen LogP contribution is -2.36. The van der Waals surface area contributed by atoms with Crippen LogP contribution in [0.5, 0.6) is 0 Å². The van der Waals surface area contributed by atoms with E-state index in [2.05, 4.69) is 17.4 Å². The highest BCUT2D eigenvalue weighted by atomic mass is 16.5. The minimum Gasteiger partial charge on any atom is -0.364 e. The van der Waals surface area contributed by atoms with E-state index in [1.54, 1.807) is 6.26 Å². The van der Waals surface area contributed by atoms with Crippen molar-refractivity contribution in [1.29, 1.82) is 0 Å². The van der Waals surface area contributed by atoms with E-state index in [1.165, 1.54) is 25.7 Å². The summed E-state index contributed by atoms with van der Waals surface area (Å²) in [4.78, 5) is 0. The molecule has 2 unspecified atom stereocenters. The zero-order valence-corrected chi connectivity index (χ0v) is 8.70. The standard InChI is InChI=1S/C11H18N2O/c1-9-4-2-3-5-11(9)12-8-10-6-7-14-13-10/h6-7,9,11-12H,2-5,8H2,1H3. The Morgan fingerprint density at radius 2 is 2.36 bits per heavy atom. The van der Waals surface area contributed by atoms with Crippen LogP contribution in [0.25, 0.3) is 0 Å². The van der Waals surface area contributed by atoms with Gasteiger partial charge in [-0.15, -0.1) is 0 Å². The van der Waals surface area contributed by atoms with Gasteiger partial charge in [-0.05, 0) is 18.8 Å². The Hall–Kier alpha value is -0.830. The molecule has 78 valence electrons. The summed E-state index contributed by atoms with van der Waals surface area (Å²) in [5.41, 5.74) is 1.00. The Bertz CT molecular complexity index is 258. The van der Waals surface area contributed by atoms with E-state index in [0.717, 1.165) is 18.2 Å². The molecule has 1 fully saturated rings. The van der Waals surface area contributed by atoms with Crippen molar-refractivity contribution in [3.63, 3.8) is 0 Å². The van der Waals surface area contributed by atoms with Crippen molar-refractivity contribution in [1.82, 2.24) is 10.5 Å². The van der Waals surface area contributed by atoms with E-state index in [-0.39, 0.29) is 0 Å². The summed E-state index contributed by atoms with van der Waals surface area (Å²) < 4.78 is 4.79. The maximum Gasteiger partial charge on any atom is 0.124 e. The van der Waals surface area contributed by atoms with Gasteiger partial charge in [-0.3, -0.25) is 0 Å². The Kier molecular flexibility index (Phi) is 3.19. The minimum atomic E-state index is 0.667. The van der Waals surface area contributed by atoms with E-state index >= 15 is 0 Å². The molecule has 0 radical (unpaired) electrons. The molecule has 0 aromatic carbocycles. The highest BCUT2D eigenvalue weighted by molar-refractivity contribution is 4.95. The second-order valence-corrected chi connectivity index (χ2v) is 4.24. The molecule has 1 aromatic rings. The number of rotatable bonds is 3. The maximum atomic E-state index is 4.79. The first-order chi connectivity index (χ1) is 6.86. The average molecular weight is 194 g/mol. The van der Waals surface area contributed by atoms with Gasteiger partial charge in [0.25, 0.3) is 0 Å². The number of nitrogens with one attached hydrogen (secondary N) is 1. The zero-order chi connectivity index (χ0) is 9.80. The smallest absolute Gasteiger partial charge is 0.124 e. The lowest BCUT2D eigenvalue weighted by atomic mass is 9.86. The molecule has 1 aromatic heterocycles. The summed E-state index contributed by atoms with van der Waals surface area (Å²) in [5, 5.41) is 7.44. The van der Waals surface area contributed by atoms with E-state index in [1.807, 2.05) is 6.07 Å². The van der Waals surface area contributed by atoms with E-state index < -0.39 is 0 Å². The van der Waals surface area contributed by atoms with E-state index in [4.69, 9.17) is 4.52 Å². The number of aromatic nitrogens is 1. The molecule has 0 bridgehead atoms. The maximum absolute atomic E-state index is 4.79. The Labute approximate surface area is 84.9 Å². The quantitative estimate of drug-likeness (QED) is 0.802. The van der Waals surface area contributed by atoms with Crippen molar-refractivity contribution in [2.24, 2.45) is 5.92 Å². The first kappa shape index (κ1) is 9.71.